The van der Waals surface area contributed by atoms with Gasteiger partial charge in [-0.05, 0) is 50.1 Å². The molecule has 1 aromatic heterocycles. The molecule has 1 amide bonds. The van der Waals surface area contributed by atoms with Crippen molar-refractivity contribution in [1.82, 2.24) is 14.8 Å². The zero-order valence-corrected chi connectivity index (χ0v) is 16.8. The highest BCUT2D eigenvalue weighted by Gasteiger charge is 2.30. The summed E-state index contributed by atoms with van der Waals surface area (Å²) in [6, 6.07) is 11.9. The van der Waals surface area contributed by atoms with Crippen LogP contribution in [0.4, 0.5) is 18.9 Å². The maximum Gasteiger partial charge on any atom is 0.416 e. The Labute approximate surface area is 177 Å². The van der Waals surface area contributed by atoms with Crippen LogP contribution in [0.25, 0.3) is 17.1 Å². The fourth-order valence-electron chi connectivity index (χ4n) is 3.29. The summed E-state index contributed by atoms with van der Waals surface area (Å²) in [5.74, 6) is 0.363. The van der Waals surface area contributed by atoms with Gasteiger partial charge in [0.1, 0.15) is 0 Å². The van der Waals surface area contributed by atoms with Crippen LogP contribution >= 0.6 is 0 Å². The molecule has 0 radical (unpaired) electrons. The topological polar surface area (TPSA) is 69.0 Å². The molecule has 2 aromatic carbocycles. The van der Waals surface area contributed by atoms with E-state index >= 15 is 0 Å². The third kappa shape index (κ3) is 4.55. The summed E-state index contributed by atoms with van der Waals surface area (Å²) < 4.78 is 45.7. The molecule has 0 saturated heterocycles. The SMILES string of the molecule is CCOc1nc(-c2ccc(C(F)(F)F)cc2)n(-c2cccc(NC(=O)C3CCC3)c2)n1. The molecule has 162 valence electrons. The second-order valence-electron chi connectivity index (χ2n) is 7.31. The second-order valence-corrected chi connectivity index (χ2v) is 7.31. The molecule has 0 spiro atoms. The van der Waals surface area contributed by atoms with E-state index < -0.39 is 11.7 Å². The van der Waals surface area contributed by atoms with Crippen molar-refractivity contribution in [2.45, 2.75) is 32.4 Å². The lowest BCUT2D eigenvalue weighted by Crippen LogP contribution is -2.28. The molecule has 0 atom stereocenters. The van der Waals surface area contributed by atoms with Crippen LogP contribution in [-0.2, 0) is 11.0 Å². The van der Waals surface area contributed by atoms with Gasteiger partial charge in [-0.2, -0.15) is 18.2 Å². The van der Waals surface area contributed by atoms with Crippen LogP contribution < -0.4 is 10.1 Å². The summed E-state index contributed by atoms with van der Waals surface area (Å²) in [4.78, 5) is 16.6. The maximum atomic E-state index is 12.9. The monoisotopic (exact) mass is 430 g/mol. The molecule has 0 bridgehead atoms. The van der Waals surface area contributed by atoms with E-state index in [4.69, 9.17) is 4.74 Å². The number of aromatic nitrogens is 3. The molecule has 0 aliphatic heterocycles. The largest absolute Gasteiger partial charge is 0.463 e. The van der Waals surface area contributed by atoms with E-state index in [1.807, 2.05) is 0 Å². The van der Waals surface area contributed by atoms with Crippen molar-refractivity contribution >= 4 is 11.6 Å². The molecule has 1 fully saturated rings. The minimum absolute atomic E-state index is 0.0139. The average Bonchev–Trinajstić information content (AvgIpc) is 3.10. The summed E-state index contributed by atoms with van der Waals surface area (Å²) in [7, 11) is 0. The third-order valence-corrected chi connectivity index (χ3v) is 5.17. The fourth-order valence-corrected chi connectivity index (χ4v) is 3.29. The van der Waals surface area contributed by atoms with Gasteiger partial charge in [0.05, 0.1) is 17.9 Å². The molecule has 6 nitrogen and oxygen atoms in total. The van der Waals surface area contributed by atoms with Crippen molar-refractivity contribution in [3.8, 4) is 23.1 Å². The van der Waals surface area contributed by atoms with Crippen molar-refractivity contribution in [3.63, 3.8) is 0 Å². The number of alkyl halides is 3. The first-order valence-electron chi connectivity index (χ1n) is 10.0. The summed E-state index contributed by atoms with van der Waals surface area (Å²) in [6.07, 6.45) is -1.57. The Hall–Kier alpha value is -3.36. The van der Waals surface area contributed by atoms with Gasteiger partial charge in [-0.15, -0.1) is 5.10 Å². The third-order valence-electron chi connectivity index (χ3n) is 5.17. The average molecular weight is 430 g/mol. The zero-order valence-electron chi connectivity index (χ0n) is 16.8. The molecule has 1 heterocycles. The number of nitrogens with one attached hydrogen (secondary N) is 1. The van der Waals surface area contributed by atoms with Crippen molar-refractivity contribution in [3.05, 3.63) is 54.1 Å². The number of carbonyl (C=O) groups is 1. The van der Waals surface area contributed by atoms with Crippen LogP contribution in [0.5, 0.6) is 6.01 Å². The summed E-state index contributed by atoms with van der Waals surface area (Å²) in [5.41, 5.74) is 0.921. The van der Waals surface area contributed by atoms with Gasteiger partial charge in [0.2, 0.25) is 5.91 Å². The number of hydrogen-bond donors (Lipinski definition) is 1. The van der Waals surface area contributed by atoms with Gasteiger partial charge in [-0.1, -0.05) is 24.6 Å². The number of ether oxygens (including phenoxy) is 1. The van der Waals surface area contributed by atoms with E-state index in [9.17, 15) is 18.0 Å². The number of benzene rings is 2. The van der Waals surface area contributed by atoms with Crippen molar-refractivity contribution in [2.75, 3.05) is 11.9 Å². The number of anilines is 1. The fraction of sp³-hybridized carbons (Fsp3) is 0.318. The quantitative estimate of drug-likeness (QED) is 0.592. The van der Waals surface area contributed by atoms with E-state index in [1.165, 1.54) is 16.8 Å². The van der Waals surface area contributed by atoms with Gasteiger partial charge >= 0.3 is 12.2 Å². The predicted molar refractivity (Wildman–Crippen MR) is 109 cm³/mol. The number of amides is 1. The number of carbonyl (C=O) groups excluding carboxylic acids is 1. The minimum atomic E-state index is -4.42. The first-order chi connectivity index (χ1) is 14.8. The number of nitrogens with zero attached hydrogens (tertiary/aromatic N) is 3. The smallest absolute Gasteiger partial charge is 0.416 e. The lowest BCUT2D eigenvalue weighted by Gasteiger charge is -2.24. The molecular formula is C22H21F3N4O2. The van der Waals surface area contributed by atoms with Crippen LogP contribution in [0.1, 0.15) is 31.7 Å². The molecule has 1 aliphatic rings. The van der Waals surface area contributed by atoms with Crippen LogP contribution in [0.3, 0.4) is 0 Å². The van der Waals surface area contributed by atoms with Crippen LogP contribution in [0, 0.1) is 5.92 Å². The Morgan fingerprint density at radius 3 is 2.55 bits per heavy atom. The first-order valence-corrected chi connectivity index (χ1v) is 10.0. The maximum absolute atomic E-state index is 12.9. The molecular weight excluding hydrogens is 409 g/mol. The normalized spacial score (nSPS) is 14.2. The van der Waals surface area contributed by atoms with Gasteiger partial charge < -0.3 is 10.1 Å². The molecule has 4 rings (SSSR count). The van der Waals surface area contributed by atoms with Gasteiger partial charge in [0, 0.05) is 17.2 Å². The zero-order chi connectivity index (χ0) is 22.0. The number of rotatable bonds is 6. The first kappa shape index (κ1) is 20.9. The molecule has 9 heteroatoms. The predicted octanol–water partition coefficient (Wildman–Crippen LogP) is 5.09. The van der Waals surface area contributed by atoms with Crippen molar-refractivity contribution < 1.29 is 22.7 Å². The minimum Gasteiger partial charge on any atom is -0.463 e. The molecule has 31 heavy (non-hydrogen) atoms. The van der Waals surface area contributed by atoms with E-state index in [1.54, 1.807) is 31.2 Å². The lowest BCUT2D eigenvalue weighted by atomic mass is 9.85. The Morgan fingerprint density at radius 2 is 1.94 bits per heavy atom. The van der Waals surface area contributed by atoms with Crippen LogP contribution in [-0.4, -0.2) is 27.3 Å². The number of hydrogen-bond acceptors (Lipinski definition) is 4. The lowest BCUT2D eigenvalue weighted by molar-refractivity contribution is -0.137. The highest BCUT2D eigenvalue weighted by molar-refractivity contribution is 5.93. The van der Waals surface area contributed by atoms with E-state index in [2.05, 4.69) is 15.4 Å². The molecule has 1 saturated carbocycles. The molecule has 1 N–H and O–H groups in total. The Kier molecular flexibility index (Phi) is 5.67. The summed E-state index contributed by atoms with van der Waals surface area (Å²) >= 11 is 0. The Balaban J connectivity index is 1.68. The molecule has 1 aliphatic carbocycles. The van der Waals surface area contributed by atoms with E-state index in [0.717, 1.165) is 31.4 Å². The summed E-state index contributed by atoms with van der Waals surface area (Å²) in [6.45, 7) is 2.13. The van der Waals surface area contributed by atoms with E-state index in [0.29, 0.717) is 29.4 Å². The van der Waals surface area contributed by atoms with E-state index in [-0.39, 0.29) is 17.8 Å². The standard InChI is InChI=1S/C22H21F3N4O2/c1-2-31-21-27-19(14-9-11-16(12-10-14)22(23,24)25)29(28-21)18-8-4-7-17(13-18)26-20(30)15-5-3-6-15/h4,7-13,15H,2-3,5-6H2,1H3,(H,26,30). The highest BCUT2D eigenvalue weighted by atomic mass is 19.4. The summed E-state index contributed by atoms with van der Waals surface area (Å²) in [5, 5.41) is 7.26. The van der Waals surface area contributed by atoms with Crippen LogP contribution in [0.2, 0.25) is 0 Å². The number of halogens is 3. The van der Waals surface area contributed by atoms with Gasteiger partial charge in [-0.3, -0.25) is 4.79 Å². The molecule has 0 unspecified atom stereocenters. The van der Waals surface area contributed by atoms with Gasteiger partial charge in [-0.25, -0.2) is 4.68 Å². The second kappa shape index (κ2) is 8.41. The van der Waals surface area contributed by atoms with Crippen molar-refractivity contribution in [2.24, 2.45) is 5.92 Å². The van der Waals surface area contributed by atoms with Gasteiger partial charge in [0.15, 0.2) is 5.82 Å². The van der Waals surface area contributed by atoms with Crippen molar-refractivity contribution in [1.29, 1.82) is 0 Å². The Bertz CT molecular complexity index is 1070. The Morgan fingerprint density at radius 1 is 1.19 bits per heavy atom. The van der Waals surface area contributed by atoms with Gasteiger partial charge in [0.25, 0.3) is 0 Å². The molecule has 3 aromatic rings. The highest BCUT2D eigenvalue weighted by Crippen LogP contribution is 2.32. The van der Waals surface area contributed by atoms with Crippen LogP contribution in [0.15, 0.2) is 48.5 Å².